The zero-order chi connectivity index (χ0) is 19.7. The van der Waals surface area contributed by atoms with Crippen molar-refractivity contribution in [2.45, 2.75) is 45.6 Å². The van der Waals surface area contributed by atoms with Crippen molar-refractivity contribution in [3.8, 4) is 0 Å². The van der Waals surface area contributed by atoms with Crippen molar-refractivity contribution in [1.29, 1.82) is 0 Å². The number of rotatable bonds is 5. The molecule has 6 heteroatoms. The number of nitrogens with one attached hydrogen (secondary N) is 2. The highest BCUT2D eigenvalue weighted by Crippen LogP contribution is 2.19. The smallest absolute Gasteiger partial charge is 0.410 e. The van der Waals surface area contributed by atoms with E-state index in [1.54, 1.807) is 7.05 Å². The van der Waals surface area contributed by atoms with Gasteiger partial charge in [0.05, 0.1) is 0 Å². The molecule has 1 saturated heterocycles. The number of carbonyl (C=O) groups excluding carboxylic acids is 1. The fourth-order valence-electron chi connectivity index (χ4n) is 3.08. The first-order valence-electron chi connectivity index (χ1n) is 9.84. The second-order valence-electron chi connectivity index (χ2n) is 8.03. The molecule has 0 atom stereocenters. The monoisotopic (exact) mass is 374 g/mol. The summed E-state index contributed by atoms with van der Waals surface area (Å²) in [5.41, 5.74) is 0.878. The molecule has 2 rings (SSSR count). The number of benzene rings is 1. The van der Waals surface area contributed by atoms with Gasteiger partial charge in [0, 0.05) is 33.2 Å². The summed E-state index contributed by atoms with van der Waals surface area (Å²) in [7, 11) is 1.79. The minimum atomic E-state index is -0.437. The summed E-state index contributed by atoms with van der Waals surface area (Å²) < 4.78 is 5.45. The molecule has 1 aromatic rings. The third kappa shape index (κ3) is 7.89. The maximum atomic E-state index is 12.1. The van der Waals surface area contributed by atoms with E-state index in [0.29, 0.717) is 5.92 Å². The van der Waals surface area contributed by atoms with E-state index >= 15 is 0 Å². The number of hydrogen-bond donors (Lipinski definition) is 2. The lowest BCUT2D eigenvalue weighted by Gasteiger charge is -2.33. The highest BCUT2D eigenvalue weighted by atomic mass is 16.6. The Kier molecular flexibility index (Phi) is 7.95. The van der Waals surface area contributed by atoms with Crippen LogP contribution in [0.1, 0.15) is 39.2 Å². The van der Waals surface area contributed by atoms with Crippen LogP contribution in [0.15, 0.2) is 35.3 Å². The molecule has 0 aromatic heterocycles. The predicted octanol–water partition coefficient (Wildman–Crippen LogP) is 3.04. The number of hydrogen-bond acceptors (Lipinski definition) is 3. The van der Waals surface area contributed by atoms with E-state index in [1.807, 2.05) is 31.7 Å². The number of piperidine rings is 1. The van der Waals surface area contributed by atoms with Crippen molar-refractivity contribution >= 4 is 12.1 Å². The number of aliphatic imine (C=N–C) groups is 1. The summed E-state index contributed by atoms with van der Waals surface area (Å²) in [6.45, 7) is 8.92. The Labute approximate surface area is 163 Å². The molecule has 0 radical (unpaired) electrons. The van der Waals surface area contributed by atoms with Gasteiger partial charge in [0.2, 0.25) is 0 Å². The zero-order valence-corrected chi connectivity index (χ0v) is 17.1. The van der Waals surface area contributed by atoms with E-state index in [9.17, 15) is 4.79 Å². The van der Waals surface area contributed by atoms with Crippen LogP contribution >= 0.6 is 0 Å². The SMILES string of the molecule is CN=C(NCCc1ccccc1)NCC1CCN(C(=O)OC(C)(C)C)CC1. The van der Waals surface area contributed by atoms with Crippen LogP contribution in [0.5, 0.6) is 0 Å². The Balaban J connectivity index is 1.65. The molecular formula is C21H34N4O2. The van der Waals surface area contributed by atoms with E-state index < -0.39 is 5.60 Å². The fraction of sp³-hybridized carbons (Fsp3) is 0.619. The van der Waals surface area contributed by atoms with Gasteiger partial charge in [-0.05, 0) is 51.5 Å². The minimum Gasteiger partial charge on any atom is -0.444 e. The molecule has 0 saturated carbocycles. The molecule has 6 nitrogen and oxygen atoms in total. The van der Waals surface area contributed by atoms with Crippen molar-refractivity contribution in [2.75, 3.05) is 33.2 Å². The van der Waals surface area contributed by atoms with Gasteiger partial charge in [-0.15, -0.1) is 0 Å². The average Bonchev–Trinajstić information content (AvgIpc) is 2.64. The maximum Gasteiger partial charge on any atom is 0.410 e. The molecule has 1 heterocycles. The molecule has 1 aliphatic heterocycles. The highest BCUT2D eigenvalue weighted by Gasteiger charge is 2.26. The minimum absolute atomic E-state index is 0.202. The van der Waals surface area contributed by atoms with Crippen molar-refractivity contribution in [3.63, 3.8) is 0 Å². The summed E-state index contributed by atoms with van der Waals surface area (Å²) in [5.74, 6) is 1.37. The molecule has 1 amide bonds. The van der Waals surface area contributed by atoms with Crippen LogP contribution < -0.4 is 10.6 Å². The summed E-state index contributed by atoms with van der Waals surface area (Å²) in [6.07, 6.45) is 2.73. The lowest BCUT2D eigenvalue weighted by Crippen LogP contribution is -2.45. The topological polar surface area (TPSA) is 66.0 Å². The third-order valence-electron chi connectivity index (χ3n) is 4.60. The summed E-state index contributed by atoms with van der Waals surface area (Å²) >= 11 is 0. The Hall–Kier alpha value is -2.24. The second-order valence-corrected chi connectivity index (χ2v) is 8.03. The number of carbonyl (C=O) groups is 1. The first-order valence-corrected chi connectivity index (χ1v) is 9.84. The number of ether oxygens (including phenoxy) is 1. The van der Waals surface area contributed by atoms with Gasteiger partial charge in [-0.2, -0.15) is 0 Å². The zero-order valence-electron chi connectivity index (χ0n) is 17.1. The average molecular weight is 375 g/mol. The first-order chi connectivity index (χ1) is 12.9. The Morgan fingerprint density at radius 3 is 2.44 bits per heavy atom. The molecule has 0 unspecified atom stereocenters. The van der Waals surface area contributed by atoms with E-state index in [1.165, 1.54) is 5.56 Å². The molecule has 0 spiro atoms. The normalized spacial score (nSPS) is 16.1. The summed E-state index contributed by atoms with van der Waals surface area (Å²) in [6, 6.07) is 10.4. The van der Waals surface area contributed by atoms with E-state index in [0.717, 1.165) is 51.4 Å². The van der Waals surface area contributed by atoms with Gasteiger partial charge in [0.1, 0.15) is 5.60 Å². The number of likely N-dealkylation sites (tertiary alicyclic amines) is 1. The van der Waals surface area contributed by atoms with Gasteiger partial charge in [0.25, 0.3) is 0 Å². The van der Waals surface area contributed by atoms with Crippen molar-refractivity contribution in [3.05, 3.63) is 35.9 Å². The first kappa shape index (κ1) is 21.1. The van der Waals surface area contributed by atoms with Crippen LogP contribution in [0.4, 0.5) is 4.79 Å². The van der Waals surface area contributed by atoms with Crippen LogP contribution in [-0.2, 0) is 11.2 Å². The summed E-state index contributed by atoms with van der Waals surface area (Å²) in [5, 5.41) is 6.78. The third-order valence-corrected chi connectivity index (χ3v) is 4.60. The fourth-order valence-corrected chi connectivity index (χ4v) is 3.08. The molecular weight excluding hydrogens is 340 g/mol. The number of guanidine groups is 1. The number of nitrogens with zero attached hydrogens (tertiary/aromatic N) is 2. The Morgan fingerprint density at radius 1 is 1.19 bits per heavy atom. The van der Waals surface area contributed by atoms with Crippen LogP contribution in [-0.4, -0.2) is 55.8 Å². The standard InChI is InChI=1S/C21H34N4O2/c1-21(2,3)27-20(26)25-14-11-18(12-15-25)16-24-19(22-4)23-13-10-17-8-6-5-7-9-17/h5-9,18H,10-16H2,1-4H3,(H2,22,23,24). The van der Waals surface area contributed by atoms with E-state index in [4.69, 9.17) is 4.74 Å². The van der Waals surface area contributed by atoms with Crippen LogP contribution in [0.3, 0.4) is 0 Å². The van der Waals surface area contributed by atoms with Gasteiger partial charge in [-0.25, -0.2) is 4.79 Å². The van der Waals surface area contributed by atoms with Gasteiger partial charge in [-0.3, -0.25) is 4.99 Å². The highest BCUT2D eigenvalue weighted by molar-refractivity contribution is 5.79. The van der Waals surface area contributed by atoms with Crippen molar-refractivity contribution < 1.29 is 9.53 Å². The Bertz CT molecular complexity index is 602. The van der Waals surface area contributed by atoms with Crippen LogP contribution in [0, 0.1) is 5.92 Å². The van der Waals surface area contributed by atoms with Crippen LogP contribution in [0.2, 0.25) is 0 Å². The Morgan fingerprint density at radius 2 is 1.85 bits per heavy atom. The number of amides is 1. The van der Waals surface area contributed by atoms with E-state index in [-0.39, 0.29) is 6.09 Å². The molecule has 1 aliphatic rings. The lowest BCUT2D eigenvalue weighted by molar-refractivity contribution is 0.0185. The van der Waals surface area contributed by atoms with Crippen LogP contribution in [0.25, 0.3) is 0 Å². The van der Waals surface area contributed by atoms with Crippen molar-refractivity contribution in [1.82, 2.24) is 15.5 Å². The summed E-state index contributed by atoms with van der Waals surface area (Å²) in [4.78, 5) is 18.2. The lowest BCUT2D eigenvalue weighted by atomic mass is 9.97. The largest absolute Gasteiger partial charge is 0.444 e. The van der Waals surface area contributed by atoms with Gasteiger partial charge >= 0.3 is 6.09 Å². The maximum absolute atomic E-state index is 12.1. The molecule has 0 aliphatic carbocycles. The predicted molar refractivity (Wildman–Crippen MR) is 110 cm³/mol. The van der Waals surface area contributed by atoms with Crippen molar-refractivity contribution in [2.24, 2.45) is 10.9 Å². The quantitative estimate of drug-likeness (QED) is 0.614. The van der Waals surface area contributed by atoms with Gasteiger partial charge in [-0.1, -0.05) is 30.3 Å². The molecule has 1 aromatic carbocycles. The molecule has 150 valence electrons. The van der Waals surface area contributed by atoms with Gasteiger partial charge < -0.3 is 20.3 Å². The second kappa shape index (κ2) is 10.2. The molecule has 0 bridgehead atoms. The molecule has 27 heavy (non-hydrogen) atoms. The molecule has 2 N–H and O–H groups in total. The molecule has 1 fully saturated rings. The van der Waals surface area contributed by atoms with E-state index in [2.05, 4.69) is 39.9 Å². The van der Waals surface area contributed by atoms with Gasteiger partial charge in [0.15, 0.2) is 5.96 Å².